The first-order valence-corrected chi connectivity index (χ1v) is 6.06. The number of nitrogens with two attached hydrogens (primary N) is 1. The van der Waals surface area contributed by atoms with E-state index >= 15 is 0 Å². The van der Waals surface area contributed by atoms with Gasteiger partial charge in [-0.15, -0.1) is 0 Å². The number of aryl methyl sites for hydroxylation is 1. The summed E-state index contributed by atoms with van der Waals surface area (Å²) >= 11 is 3.52. The molecule has 0 radical (unpaired) electrons. The molecule has 1 aliphatic heterocycles. The third kappa shape index (κ3) is 1.50. The van der Waals surface area contributed by atoms with E-state index in [-0.39, 0.29) is 0 Å². The molecule has 1 aliphatic rings. The molecular weight excluding hydrogens is 252 g/mol. The number of halogens is 1. The zero-order valence-electron chi connectivity index (χ0n) is 8.41. The molecule has 1 aromatic heterocycles. The molecule has 0 fully saturated rings. The highest BCUT2D eigenvalue weighted by molar-refractivity contribution is 9.10. The summed E-state index contributed by atoms with van der Waals surface area (Å²) in [5.74, 6) is 0. The topological polar surface area (TPSA) is 30.9 Å². The van der Waals surface area contributed by atoms with Crippen LogP contribution in [-0.4, -0.2) is 10.6 Å². The Labute approximate surface area is 97.2 Å². The van der Waals surface area contributed by atoms with Gasteiger partial charge in [0.1, 0.15) is 0 Å². The molecule has 15 heavy (non-hydrogen) atoms. The summed E-state index contributed by atoms with van der Waals surface area (Å²) in [6, 6.07) is 9.05. The second kappa shape index (κ2) is 3.35. The van der Waals surface area contributed by atoms with E-state index in [0.29, 0.717) is 6.04 Å². The van der Waals surface area contributed by atoms with Crippen LogP contribution in [0.5, 0.6) is 0 Å². The van der Waals surface area contributed by atoms with Gasteiger partial charge in [-0.1, -0.05) is 22.0 Å². The largest absolute Gasteiger partial charge is 0.344 e. The molecule has 0 spiro atoms. The normalized spacial score (nSPS) is 20.5. The zero-order valence-corrected chi connectivity index (χ0v) is 10.00. The summed E-state index contributed by atoms with van der Waals surface area (Å²) in [5.41, 5.74) is 8.68. The Balaban J connectivity index is 2.24. The van der Waals surface area contributed by atoms with Crippen molar-refractivity contribution in [1.29, 1.82) is 0 Å². The number of nitrogens with zero attached hydrogens (tertiary/aromatic N) is 1. The Morgan fingerprint density at radius 3 is 3.07 bits per heavy atom. The van der Waals surface area contributed by atoms with Crippen LogP contribution in [0.4, 0.5) is 0 Å². The maximum atomic E-state index is 5.98. The molecule has 2 heterocycles. The van der Waals surface area contributed by atoms with Crippen LogP contribution in [0, 0.1) is 0 Å². The molecule has 0 saturated carbocycles. The van der Waals surface area contributed by atoms with Gasteiger partial charge in [-0.25, -0.2) is 0 Å². The van der Waals surface area contributed by atoms with Gasteiger partial charge in [0.05, 0.1) is 0 Å². The van der Waals surface area contributed by atoms with Gasteiger partial charge in [-0.3, -0.25) is 0 Å². The van der Waals surface area contributed by atoms with Crippen molar-refractivity contribution in [3.63, 3.8) is 0 Å². The average Bonchev–Trinajstić information content (AvgIpc) is 2.54. The number of hydrogen-bond donors (Lipinski definition) is 1. The number of benzene rings is 1. The maximum absolute atomic E-state index is 5.98. The SMILES string of the molecule is NC1CCn2c(cc3ccc(Br)cc32)C1. The Morgan fingerprint density at radius 2 is 2.20 bits per heavy atom. The van der Waals surface area contributed by atoms with Gasteiger partial charge in [0.2, 0.25) is 0 Å². The first-order chi connectivity index (χ1) is 7.24. The molecule has 0 aliphatic carbocycles. The van der Waals surface area contributed by atoms with Crippen molar-refractivity contribution in [1.82, 2.24) is 4.57 Å². The summed E-state index contributed by atoms with van der Waals surface area (Å²) in [7, 11) is 0. The van der Waals surface area contributed by atoms with Gasteiger partial charge in [0.15, 0.2) is 0 Å². The van der Waals surface area contributed by atoms with Gasteiger partial charge in [-0.2, -0.15) is 0 Å². The smallest absolute Gasteiger partial charge is 0.0493 e. The second-order valence-electron chi connectivity index (χ2n) is 4.24. The highest BCUT2D eigenvalue weighted by atomic mass is 79.9. The Hall–Kier alpha value is -0.800. The fraction of sp³-hybridized carbons (Fsp3) is 0.333. The summed E-state index contributed by atoms with van der Waals surface area (Å²) in [4.78, 5) is 0. The predicted octanol–water partition coefficient (Wildman–Crippen LogP) is 2.68. The molecule has 0 saturated heterocycles. The van der Waals surface area contributed by atoms with Crippen LogP contribution in [0.25, 0.3) is 10.9 Å². The highest BCUT2D eigenvalue weighted by Crippen LogP contribution is 2.27. The molecule has 2 nitrogen and oxygen atoms in total. The van der Waals surface area contributed by atoms with Crippen molar-refractivity contribution in [2.45, 2.75) is 25.4 Å². The van der Waals surface area contributed by atoms with E-state index in [1.807, 2.05) is 0 Å². The second-order valence-corrected chi connectivity index (χ2v) is 5.16. The molecule has 1 aromatic carbocycles. The monoisotopic (exact) mass is 264 g/mol. The van der Waals surface area contributed by atoms with Crippen molar-refractivity contribution in [2.75, 3.05) is 0 Å². The Bertz CT molecular complexity index is 516. The fourth-order valence-electron chi connectivity index (χ4n) is 2.38. The Kier molecular flexibility index (Phi) is 2.11. The van der Waals surface area contributed by atoms with Crippen molar-refractivity contribution in [3.8, 4) is 0 Å². The fourth-order valence-corrected chi connectivity index (χ4v) is 2.73. The molecule has 78 valence electrons. The van der Waals surface area contributed by atoms with Gasteiger partial charge in [-0.05, 0) is 30.0 Å². The maximum Gasteiger partial charge on any atom is 0.0493 e. The van der Waals surface area contributed by atoms with E-state index in [4.69, 9.17) is 5.73 Å². The van der Waals surface area contributed by atoms with Crippen LogP contribution in [0.15, 0.2) is 28.7 Å². The van der Waals surface area contributed by atoms with Crippen molar-refractivity contribution >= 4 is 26.8 Å². The van der Waals surface area contributed by atoms with Gasteiger partial charge < -0.3 is 10.3 Å². The molecule has 1 atom stereocenters. The molecule has 2 aromatic rings. The van der Waals surface area contributed by atoms with Crippen LogP contribution in [0.1, 0.15) is 12.1 Å². The summed E-state index contributed by atoms with van der Waals surface area (Å²) in [6.07, 6.45) is 2.09. The summed E-state index contributed by atoms with van der Waals surface area (Å²) in [6.45, 7) is 1.05. The van der Waals surface area contributed by atoms with Crippen molar-refractivity contribution in [2.24, 2.45) is 5.73 Å². The van der Waals surface area contributed by atoms with Crippen LogP contribution in [0.2, 0.25) is 0 Å². The lowest BCUT2D eigenvalue weighted by Gasteiger charge is -2.21. The van der Waals surface area contributed by atoms with E-state index in [9.17, 15) is 0 Å². The van der Waals surface area contributed by atoms with Crippen LogP contribution in [0.3, 0.4) is 0 Å². The third-order valence-corrected chi connectivity index (χ3v) is 3.64. The van der Waals surface area contributed by atoms with Crippen molar-refractivity contribution < 1.29 is 0 Å². The minimum atomic E-state index is 0.338. The third-order valence-electron chi connectivity index (χ3n) is 3.15. The standard InChI is InChI=1S/C12H13BrN2/c13-9-2-1-8-5-11-7-10(14)3-4-15(11)12(8)6-9/h1-2,5-6,10H,3-4,7,14H2. The molecule has 3 rings (SSSR count). The lowest BCUT2D eigenvalue weighted by molar-refractivity contribution is 0.480. The molecule has 2 N–H and O–H groups in total. The molecule has 0 amide bonds. The van der Waals surface area contributed by atoms with E-state index in [1.54, 1.807) is 0 Å². The lowest BCUT2D eigenvalue weighted by atomic mass is 10.1. The minimum Gasteiger partial charge on any atom is -0.344 e. The minimum absolute atomic E-state index is 0.338. The number of rotatable bonds is 0. The van der Waals surface area contributed by atoms with Gasteiger partial charge in [0.25, 0.3) is 0 Å². The van der Waals surface area contributed by atoms with E-state index in [2.05, 4.69) is 44.8 Å². The average molecular weight is 265 g/mol. The number of fused-ring (bicyclic) bond motifs is 3. The quantitative estimate of drug-likeness (QED) is 0.780. The van der Waals surface area contributed by atoms with E-state index < -0.39 is 0 Å². The summed E-state index contributed by atoms with van der Waals surface area (Å²) < 4.78 is 3.54. The van der Waals surface area contributed by atoms with Gasteiger partial charge in [0, 0.05) is 34.7 Å². The van der Waals surface area contributed by atoms with Crippen LogP contribution >= 0.6 is 15.9 Å². The molecule has 1 unspecified atom stereocenters. The molecule has 3 heteroatoms. The predicted molar refractivity (Wildman–Crippen MR) is 65.9 cm³/mol. The lowest BCUT2D eigenvalue weighted by Crippen LogP contribution is -2.30. The first kappa shape index (κ1) is 9.43. The number of aromatic nitrogens is 1. The van der Waals surface area contributed by atoms with Crippen LogP contribution in [-0.2, 0) is 13.0 Å². The Morgan fingerprint density at radius 1 is 1.33 bits per heavy atom. The zero-order chi connectivity index (χ0) is 10.4. The van der Waals surface area contributed by atoms with Crippen LogP contribution < -0.4 is 5.73 Å². The first-order valence-electron chi connectivity index (χ1n) is 5.27. The van der Waals surface area contributed by atoms with Gasteiger partial charge >= 0.3 is 0 Å². The van der Waals surface area contributed by atoms with E-state index in [0.717, 1.165) is 23.9 Å². The van der Waals surface area contributed by atoms with Crippen molar-refractivity contribution in [3.05, 3.63) is 34.4 Å². The number of hydrogen-bond acceptors (Lipinski definition) is 1. The molecular formula is C12H13BrN2. The highest BCUT2D eigenvalue weighted by Gasteiger charge is 2.17. The summed E-state index contributed by atoms with van der Waals surface area (Å²) in [5, 5.41) is 1.32. The van der Waals surface area contributed by atoms with E-state index in [1.165, 1.54) is 16.6 Å². The molecule has 0 bridgehead atoms.